The van der Waals surface area contributed by atoms with Gasteiger partial charge in [0.25, 0.3) is 0 Å². The smallest absolute Gasteiger partial charge is 0.331 e. The lowest BCUT2D eigenvalue weighted by Crippen LogP contribution is -2.51. The van der Waals surface area contributed by atoms with Gasteiger partial charge in [-0.3, -0.25) is 4.79 Å². The topological polar surface area (TPSA) is 95.9 Å². The maximum atomic E-state index is 11.3. The van der Waals surface area contributed by atoms with Gasteiger partial charge in [0.1, 0.15) is 0 Å². The van der Waals surface area contributed by atoms with Crippen LogP contribution in [0.2, 0.25) is 0 Å². The fourth-order valence-corrected chi connectivity index (χ4v) is 2.53. The maximum Gasteiger partial charge on any atom is 0.331 e. The fraction of sp³-hybridized carbons (Fsp3) is 0.714. The minimum Gasteiger partial charge on any atom is -0.478 e. The molecule has 0 aliphatic heterocycles. The van der Waals surface area contributed by atoms with E-state index in [-0.39, 0.29) is 36.2 Å². The van der Waals surface area contributed by atoms with Gasteiger partial charge in [0.2, 0.25) is 5.91 Å². The summed E-state index contributed by atoms with van der Waals surface area (Å²) in [5, 5.41) is 21.1. The molecule has 114 valence electrons. The van der Waals surface area contributed by atoms with Crippen LogP contribution < -0.4 is 5.32 Å². The molecule has 0 unspecified atom stereocenters. The number of hydrogen-bond acceptors (Lipinski definition) is 4. The Labute approximate surface area is 118 Å². The number of rotatable bonds is 6. The van der Waals surface area contributed by atoms with E-state index in [0.29, 0.717) is 12.8 Å². The summed E-state index contributed by atoms with van der Waals surface area (Å²) in [5.41, 5.74) is 0.274. The minimum absolute atomic E-state index is 0.0535. The second kappa shape index (κ2) is 7.40. The predicted molar refractivity (Wildman–Crippen MR) is 73.1 cm³/mol. The average Bonchev–Trinajstić information content (AvgIpc) is 2.31. The van der Waals surface area contributed by atoms with E-state index in [1.54, 1.807) is 6.08 Å². The molecule has 6 heteroatoms. The number of carboxylic acid groups (broad SMARTS) is 1. The highest BCUT2D eigenvalue weighted by molar-refractivity contribution is 5.87. The molecule has 1 rings (SSSR count). The van der Waals surface area contributed by atoms with Crippen LogP contribution in [0.4, 0.5) is 0 Å². The Morgan fingerprint density at radius 1 is 1.50 bits per heavy atom. The number of aliphatic hydroxyl groups is 1. The predicted octanol–water partition coefficient (Wildman–Crippen LogP) is 0.698. The summed E-state index contributed by atoms with van der Waals surface area (Å²) < 4.78 is 5.73. The van der Waals surface area contributed by atoms with E-state index in [1.165, 1.54) is 6.92 Å². The van der Waals surface area contributed by atoms with Crippen LogP contribution in [0.15, 0.2) is 11.6 Å². The highest BCUT2D eigenvalue weighted by atomic mass is 16.5. The summed E-state index contributed by atoms with van der Waals surface area (Å²) in [4.78, 5) is 22.5. The number of aliphatic carboxylic acids is 1. The first-order chi connectivity index (χ1) is 9.35. The van der Waals surface area contributed by atoms with Gasteiger partial charge in [-0.05, 0) is 38.7 Å². The second-order valence-electron chi connectivity index (χ2n) is 5.35. The summed E-state index contributed by atoms with van der Waals surface area (Å²) in [7, 11) is 0. The second-order valence-corrected chi connectivity index (χ2v) is 5.35. The Balaban J connectivity index is 3.03. The molecule has 0 bridgehead atoms. The van der Waals surface area contributed by atoms with Crippen molar-refractivity contribution in [3.63, 3.8) is 0 Å². The Bertz CT molecular complexity index is 391. The summed E-state index contributed by atoms with van der Waals surface area (Å²) in [5.74, 6) is -1.32. The molecule has 3 atom stereocenters. The van der Waals surface area contributed by atoms with Crippen molar-refractivity contribution >= 4 is 11.9 Å². The van der Waals surface area contributed by atoms with Gasteiger partial charge in [-0.25, -0.2) is 4.79 Å². The lowest BCUT2D eigenvalue weighted by molar-refractivity contribution is -0.133. The van der Waals surface area contributed by atoms with E-state index in [1.807, 2.05) is 13.8 Å². The molecule has 0 saturated carbocycles. The molecule has 0 spiro atoms. The van der Waals surface area contributed by atoms with Crippen molar-refractivity contribution in [3.8, 4) is 0 Å². The van der Waals surface area contributed by atoms with E-state index >= 15 is 0 Å². The van der Waals surface area contributed by atoms with Gasteiger partial charge < -0.3 is 20.3 Å². The van der Waals surface area contributed by atoms with Crippen LogP contribution in [-0.4, -0.2) is 46.9 Å². The van der Waals surface area contributed by atoms with Crippen molar-refractivity contribution in [2.45, 2.75) is 51.9 Å². The zero-order chi connectivity index (χ0) is 15.3. The first-order valence-electron chi connectivity index (χ1n) is 6.82. The Morgan fingerprint density at radius 3 is 2.60 bits per heavy atom. The number of hydrogen-bond donors (Lipinski definition) is 3. The molecule has 20 heavy (non-hydrogen) atoms. The maximum absolute atomic E-state index is 11.3. The molecular weight excluding hydrogens is 262 g/mol. The van der Waals surface area contributed by atoms with E-state index in [4.69, 9.17) is 9.84 Å². The molecule has 0 saturated heterocycles. The van der Waals surface area contributed by atoms with E-state index in [0.717, 1.165) is 0 Å². The number of carboxylic acids is 1. The summed E-state index contributed by atoms with van der Waals surface area (Å²) in [6.07, 6.45) is 1.73. The van der Waals surface area contributed by atoms with Gasteiger partial charge in [0, 0.05) is 19.1 Å². The number of nitrogens with one attached hydrogen (secondary N) is 1. The van der Waals surface area contributed by atoms with Gasteiger partial charge in [0.05, 0.1) is 18.2 Å². The number of amides is 1. The normalized spacial score (nSPS) is 26.2. The average molecular weight is 285 g/mol. The summed E-state index contributed by atoms with van der Waals surface area (Å²) in [6.45, 7) is 5.07. The fourth-order valence-electron chi connectivity index (χ4n) is 2.53. The first-order valence-corrected chi connectivity index (χ1v) is 6.82. The van der Waals surface area contributed by atoms with E-state index in [9.17, 15) is 14.7 Å². The standard InChI is InChI=1S/C14H23NO5/c1-8(2)20-12-7-11(14(18)19)6-10(4-5-16)13(12)15-9(3)17/h7-8,10,12-13,16H,4-6H2,1-3H3,(H,15,17)(H,18,19)/t10-,12+,13+/m0/s1. The van der Waals surface area contributed by atoms with Crippen molar-refractivity contribution in [2.24, 2.45) is 5.92 Å². The Hall–Kier alpha value is -1.40. The van der Waals surface area contributed by atoms with Crippen LogP contribution in [0.5, 0.6) is 0 Å². The third kappa shape index (κ3) is 4.61. The first kappa shape index (κ1) is 16.7. The van der Waals surface area contributed by atoms with Gasteiger partial charge in [-0.2, -0.15) is 0 Å². The number of ether oxygens (including phenoxy) is 1. The van der Waals surface area contributed by atoms with E-state index in [2.05, 4.69) is 5.32 Å². The van der Waals surface area contributed by atoms with Crippen LogP contribution in [0.1, 0.15) is 33.6 Å². The molecule has 1 amide bonds. The van der Waals surface area contributed by atoms with Gasteiger partial charge >= 0.3 is 5.97 Å². The van der Waals surface area contributed by atoms with Crippen LogP contribution in [0.3, 0.4) is 0 Å². The summed E-state index contributed by atoms with van der Waals surface area (Å²) >= 11 is 0. The van der Waals surface area contributed by atoms with E-state index < -0.39 is 12.1 Å². The molecule has 0 fully saturated rings. The van der Waals surface area contributed by atoms with Crippen LogP contribution in [0.25, 0.3) is 0 Å². The SMILES string of the molecule is CC(=O)N[C@@H]1[C@@H](CCO)CC(C(=O)O)=C[C@H]1OC(C)C. The quantitative estimate of drug-likeness (QED) is 0.667. The molecule has 1 aliphatic carbocycles. The van der Waals surface area contributed by atoms with Gasteiger partial charge in [-0.15, -0.1) is 0 Å². The van der Waals surface area contributed by atoms with Crippen molar-refractivity contribution in [3.05, 3.63) is 11.6 Å². The third-order valence-corrected chi connectivity index (χ3v) is 3.28. The highest BCUT2D eigenvalue weighted by Crippen LogP contribution is 2.30. The molecule has 0 aromatic heterocycles. The van der Waals surface area contributed by atoms with Gasteiger partial charge in [-0.1, -0.05) is 0 Å². The van der Waals surface area contributed by atoms with Crippen molar-refractivity contribution in [1.82, 2.24) is 5.32 Å². The molecule has 1 aliphatic rings. The third-order valence-electron chi connectivity index (χ3n) is 3.28. The van der Waals surface area contributed by atoms with Crippen LogP contribution >= 0.6 is 0 Å². The molecule has 0 radical (unpaired) electrons. The largest absolute Gasteiger partial charge is 0.478 e. The molecule has 0 aromatic carbocycles. The lowest BCUT2D eigenvalue weighted by Gasteiger charge is -2.37. The minimum atomic E-state index is -0.980. The van der Waals surface area contributed by atoms with Gasteiger partial charge in [0.15, 0.2) is 0 Å². The highest BCUT2D eigenvalue weighted by Gasteiger charge is 2.36. The number of carbonyl (C=O) groups excluding carboxylic acids is 1. The molecule has 0 heterocycles. The summed E-state index contributed by atoms with van der Waals surface area (Å²) in [6, 6.07) is -0.315. The van der Waals surface area contributed by atoms with Crippen molar-refractivity contribution in [1.29, 1.82) is 0 Å². The molecule has 3 N–H and O–H groups in total. The molecule has 6 nitrogen and oxygen atoms in total. The zero-order valence-corrected chi connectivity index (χ0v) is 12.1. The Morgan fingerprint density at radius 2 is 2.15 bits per heavy atom. The number of carbonyl (C=O) groups is 2. The monoisotopic (exact) mass is 285 g/mol. The zero-order valence-electron chi connectivity index (χ0n) is 12.1. The molecule has 0 aromatic rings. The molecular formula is C14H23NO5. The lowest BCUT2D eigenvalue weighted by atomic mass is 9.80. The van der Waals surface area contributed by atoms with Crippen LogP contribution in [0, 0.1) is 5.92 Å². The van der Waals surface area contributed by atoms with Crippen LogP contribution in [-0.2, 0) is 14.3 Å². The van der Waals surface area contributed by atoms with Crippen molar-refractivity contribution < 1.29 is 24.5 Å². The Kier molecular flexibility index (Phi) is 6.16. The number of aliphatic hydroxyl groups excluding tert-OH is 1. The van der Waals surface area contributed by atoms with Crippen molar-refractivity contribution in [2.75, 3.05) is 6.61 Å².